The van der Waals surface area contributed by atoms with Gasteiger partial charge < -0.3 is 15.0 Å². The van der Waals surface area contributed by atoms with E-state index in [-0.39, 0.29) is 0 Å². The Hall–Kier alpha value is -0.810. The van der Waals surface area contributed by atoms with E-state index in [0.717, 1.165) is 44.7 Å². The van der Waals surface area contributed by atoms with Gasteiger partial charge in [0.25, 0.3) is 0 Å². The summed E-state index contributed by atoms with van der Waals surface area (Å²) in [6, 6.07) is 0.698. The maximum absolute atomic E-state index is 5.60. The number of hydrogen-bond acceptors (Lipinski definition) is 3. The Morgan fingerprint density at radius 3 is 2.63 bits per heavy atom. The van der Waals surface area contributed by atoms with Crippen molar-refractivity contribution in [3.63, 3.8) is 0 Å². The van der Waals surface area contributed by atoms with E-state index in [0.29, 0.717) is 11.5 Å². The van der Waals surface area contributed by atoms with Crippen molar-refractivity contribution >= 4 is 5.96 Å². The Bertz CT molecular complexity index is 497. The van der Waals surface area contributed by atoms with Crippen molar-refractivity contribution in [1.82, 2.24) is 15.1 Å². The topological polar surface area (TPSA) is 40.1 Å². The first kappa shape index (κ1) is 19.5. The molecule has 4 aliphatic rings. The Kier molecular flexibility index (Phi) is 6.59. The second kappa shape index (κ2) is 9.13. The molecule has 0 radical (unpaired) electrons. The molecule has 27 heavy (non-hydrogen) atoms. The average Bonchev–Trinajstić information content (AvgIpc) is 3.31. The molecule has 154 valence electrons. The van der Waals surface area contributed by atoms with Gasteiger partial charge in [0.05, 0.1) is 0 Å². The van der Waals surface area contributed by atoms with Crippen LogP contribution in [-0.2, 0) is 4.74 Å². The third kappa shape index (κ3) is 4.79. The summed E-state index contributed by atoms with van der Waals surface area (Å²) in [5, 5.41) is 3.75. The molecule has 4 rings (SSSR count). The van der Waals surface area contributed by atoms with Gasteiger partial charge in [0.1, 0.15) is 0 Å². The molecule has 3 aliphatic heterocycles. The number of hydrogen-bond donors (Lipinski definition) is 1. The third-order valence-electron chi connectivity index (χ3n) is 7.72. The molecule has 3 saturated heterocycles. The molecule has 4 fully saturated rings. The van der Waals surface area contributed by atoms with Crippen molar-refractivity contribution in [3.05, 3.63) is 0 Å². The van der Waals surface area contributed by atoms with Crippen molar-refractivity contribution in [2.75, 3.05) is 53.0 Å². The largest absolute Gasteiger partial charge is 0.381 e. The van der Waals surface area contributed by atoms with Gasteiger partial charge in [-0.1, -0.05) is 19.3 Å². The Morgan fingerprint density at radius 2 is 1.85 bits per heavy atom. The van der Waals surface area contributed by atoms with Crippen molar-refractivity contribution in [2.45, 2.75) is 70.3 Å². The molecule has 1 spiro atoms. The number of nitrogens with one attached hydrogen (secondary N) is 1. The van der Waals surface area contributed by atoms with Crippen molar-refractivity contribution in [2.24, 2.45) is 16.3 Å². The quantitative estimate of drug-likeness (QED) is 0.605. The minimum atomic E-state index is 0.482. The minimum Gasteiger partial charge on any atom is -0.381 e. The lowest BCUT2D eigenvalue weighted by molar-refractivity contribution is 0.0217. The van der Waals surface area contributed by atoms with Crippen LogP contribution in [0.25, 0.3) is 0 Å². The molecule has 5 nitrogen and oxygen atoms in total. The van der Waals surface area contributed by atoms with Gasteiger partial charge in [0.15, 0.2) is 5.96 Å². The first-order valence-corrected chi connectivity index (χ1v) is 11.6. The van der Waals surface area contributed by atoms with Crippen LogP contribution in [0.2, 0.25) is 0 Å². The summed E-state index contributed by atoms with van der Waals surface area (Å²) in [7, 11) is 1.95. The van der Waals surface area contributed by atoms with Crippen LogP contribution < -0.4 is 5.32 Å². The summed E-state index contributed by atoms with van der Waals surface area (Å²) in [4.78, 5) is 9.92. The Balaban J connectivity index is 1.26. The summed E-state index contributed by atoms with van der Waals surface area (Å²) < 4.78 is 5.60. The Morgan fingerprint density at radius 1 is 1.04 bits per heavy atom. The maximum Gasteiger partial charge on any atom is 0.193 e. The van der Waals surface area contributed by atoms with Crippen LogP contribution in [0.1, 0.15) is 64.2 Å². The van der Waals surface area contributed by atoms with Crippen LogP contribution in [0.4, 0.5) is 0 Å². The van der Waals surface area contributed by atoms with Crippen molar-refractivity contribution in [1.29, 1.82) is 0 Å². The van der Waals surface area contributed by atoms with E-state index >= 15 is 0 Å². The zero-order valence-electron chi connectivity index (χ0n) is 17.4. The van der Waals surface area contributed by atoms with E-state index in [2.05, 4.69) is 20.1 Å². The zero-order chi connectivity index (χ0) is 18.5. The minimum absolute atomic E-state index is 0.482. The normalized spacial score (nSPS) is 30.3. The molecule has 0 aromatic rings. The van der Waals surface area contributed by atoms with Crippen molar-refractivity contribution in [3.8, 4) is 0 Å². The van der Waals surface area contributed by atoms with Gasteiger partial charge in [0.2, 0.25) is 0 Å². The van der Waals surface area contributed by atoms with Gasteiger partial charge in [-0.05, 0) is 62.8 Å². The molecule has 1 saturated carbocycles. The van der Waals surface area contributed by atoms with Crippen LogP contribution in [0, 0.1) is 11.3 Å². The highest BCUT2D eigenvalue weighted by Gasteiger charge is 2.40. The van der Waals surface area contributed by atoms with Crippen LogP contribution in [-0.4, -0.2) is 74.8 Å². The first-order valence-electron chi connectivity index (χ1n) is 11.6. The van der Waals surface area contributed by atoms with Crippen LogP contribution >= 0.6 is 0 Å². The number of nitrogens with zero attached hydrogens (tertiary/aromatic N) is 3. The first-order chi connectivity index (χ1) is 13.3. The predicted octanol–water partition coefficient (Wildman–Crippen LogP) is 3.11. The van der Waals surface area contributed by atoms with Gasteiger partial charge in [-0.15, -0.1) is 0 Å². The predicted molar refractivity (Wildman–Crippen MR) is 111 cm³/mol. The molecule has 0 bridgehead atoms. The Labute approximate surface area is 165 Å². The highest BCUT2D eigenvalue weighted by Crippen LogP contribution is 2.39. The van der Waals surface area contributed by atoms with Crippen LogP contribution in [0.5, 0.6) is 0 Å². The summed E-state index contributed by atoms with van der Waals surface area (Å²) in [6.45, 7) is 7.89. The fraction of sp³-hybridized carbons (Fsp3) is 0.955. The van der Waals surface area contributed by atoms with E-state index in [1.54, 1.807) is 0 Å². The van der Waals surface area contributed by atoms with Gasteiger partial charge in [-0.25, -0.2) is 0 Å². The summed E-state index contributed by atoms with van der Waals surface area (Å²) in [5.74, 6) is 2.08. The molecule has 1 N–H and O–H groups in total. The smallest absolute Gasteiger partial charge is 0.193 e. The second-order valence-corrected chi connectivity index (χ2v) is 9.51. The monoisotopic (exact) mass is 376 g/mol. The molecule has 0 aromatic heterocycles. The molecule has 0 aromatic carbocycles. The van der Waals surface area contributed by atoms with E-state index in [1.165, 1.54) is 77.3 Å². The molecule has 0 amide bonds. The maximum atomic E-state index is 5.60. The highest BCUT2D eigenvalue weighted by molar-refractivity contribution is 5.80. The molecule has 1 atom stereocenters. The molecule has 3 heterocycles. The summed E-state index contributed by atoms with van der Waals surface area (Å²) in [5.41, 5.74) is 0.482. The number of likely N-dealkylation sites (tertiary alicyclic amines) is 2. The molecule has 1 aliphatic carbocycles. The summed E-state index contributed by atoms with van der Waals surface area (Å²) in [6.07, 6.45) is 13.7. The number of guanidine groups is 1. The zero-order valence-corrected chi connectivity index (χ0v) is 17.4. The molecular weight excluding hydrogens is 336 g/mol. The van der Waals surface area contributed by atoms with Crippen molar-refractivity contribution < 1.29 is 4.74 Å². The number of ether oxygens (including phenoxy) is 1. The van der Waals surface area contributed by atoms with E-state index in [9.17, 15) is 0 Å². The van der Waals surface area contributed by atoms with Gasteiger partial charge >= 0.3 is 0 Å². The number of rotatable bonds is 4. The molecule has 1 unspecified atom stereocenters. The SMILES string of the molecule is CN=C(NCC1CCCN1CC1CCCCC1)N1CCC2(CCOCC2)C1. The fourth-order valence-electron chi connectivity index (χ4n) is 5.94. The van der Waals surface area contributed by atoms with Crippen LogP contribution in [0.3, 0.4) is 0 Å². The lowest BCUT2D eigenvalue weighted by Crippen LogP contribution is -2.47. The highest BCUT2D eigenvalue weighted by atomic mass is 16.5. The molecular formula is C22H40N4O. The van der Waals surface area contributed by atoms with E-state index < -0.39 is 0 Å². The fourth-order valence-corrected chi connectivity index (χ4v) is 5.94. The molecule has 5 heteroatoms. The lowest BCUT2D eigenvalue weighted by Gasteiger charge is -2.34. The lowest BCUT2D eigenvalue weighted by atomic mass is 9.80. The average molecular weight is 377 g/mol. The van der Waals surface area contributed by atoms with Gasteiger partial charge in [-0.2, -0.15) is 0 Å². The van der Waals surface area contributed by atoms with Crippen LogP contribution in [0.15, 0.2) is 4.99 Å². The van der Waals surface area contributed by atoms with Gasteiger partial charge in [-0.3, -0.25) is 9.89 Å². The third-order valence-corrected chi connectivity index (χ3v) is 7.72. The van der Waals surface area contributed by atoms with E-state index in [4.69, 9.17) is 4.74 Å². The summed E-state index contributed by atoms with van der Waals surface area (Å²) >= 11 is 0. The second-order valence-electron chi connectivity index (χ2n) is 9.51. The van der Waals surface area contributed by atoms with Gasteiger partial charge in [0, 0.05) is 52.5 Å². The number of aliphatic imine (C=N–C) groups is 1. The van der Waals surface area contributed by atoms with E-state index in [1.807, 2.05) is 7.05 Å². The standard InChI is InChI=1S/C22H40N4O/c1-23-21(26-13-9-22(18-26)10-14-27-15-11-22)24-16-20-8-5-12-25(20)17-19-6-3-2-4-7-19/h19-20H,2-18H2,1H3,(H,23,24).